The number of carbonyl (C=O) groups is 1. The average Bonchev–Trinajstić information content (AvgIpc) is 2.62. The van der Waals surface area contributed by atoms with Crippen LogP contribution in [0.2, 0.25) is 0 Å². The lowest BCUT2D eigenvalue weighted by molar-refractivity contribution is 0.208. The van der Waals surface area contributed by atoms with Crippen LogP contribution in [0.15, 0.2) is 0 Å². The average molecular weight is 276 g/mol. The maximum absolute atomic E-state index is 11.8. The molecule has 1 N–H and O–H groups in total. The number of carbonyl (C=O) groups excluding carboxylic acids is 1. The van der Waals surface area contributed by atoms with Gasteiger partial charge in [-0.3, -0.25) is 0 Å². The minimum atomic E-state index is -3.16. The molecular weight excluding hydrogens is 252 g/mol. The summed E-state index contributed by atoms with van der Waals surface area (Å²) in [7, 11) is -3.16. The molecule has 0 saturated carbocycles. The van der Waals surface area contributed by atoms with Gasteiger partial charge in [0.25, 0.3) is 0 Å². The van der Waals surface area contributed by atoms with Crippen LogP contribution < -0.4 is 5.32 Å². The zero-order valence-corrected chi connectivity index (χ0v) is 12.5. The molecule has 106 valence electrons. The van der Waals surface area contributed by atoms with Crippen molar-refractivity contribution in [2.75, 3.05) is 25.4 Å². The van der Waals surface area contributed by atoms with Crippen molar-refractivity contribution in [3.05, 3.63) is 0 Å². The molecule has 0 aliphatic carbocycles. The zero-order valence-electron chi connectivity index (χ0n) is 11.7. The predicted octanol–water partition coefficient (Wildman–Crippen LogP) is 1.25. The van der Waals surface area contributed by atoms with Gasteiger partial charge in [-0.2, -0.15) is 0 Å². The first-order chi connectivity index (χ1) is 8.13. The van der Waals surface area contributed by atoms with E-state index < -0.39 is 14.6 Å². The third-order valence-electron chi connectivity index (χ3n) is 3.29. The first-order valence-corrected chi connectivity index (χ1v) is 8.04. The van der Waals surface area contributed by atoms with Gasteiger partial charge in [0.15, 0.2) is 9.84 Å². The molecule has 1 atom stereocenters. The molecule has 0 aromatic carbocycles. The van der Waals surface area contributed by atoms with Crippen molar-refractivity contribution in [1.82, 2.24) is 10.2 Å². The van der Waals surface area contributed by atoms with Crippen LogP contribution in [0.5, 0.6) is 0 Å². The Morgan fingerprint density at radius 2 is 2.00 bits per heavy atom. The second-order valence-electron chi connectivity index (χ2n) is 6.00. The van der Waals surface area contributed by atoms with Gasteiger partial charge in [0.05, 0.1) is 10.5 Å². The number of hydrogen-bond acceptors (Lipinski definition) is 3. The Balaban J connectivity index is 2.37. The predicted molar refractivity (Wildman–Crippen MR) is 72.3 cm³/mol. The van der Waals surface area contributed by atoms with E-state index in [1.807, 2.05) is 0 Å². The molecule has 1 rings (SSSR count). The van der Waals surface area contributed by atoms with Gasteiger partial charge in [-0.15, -0.1) is 0 Å². The Morgan fingerprint density at radius 1 is 1.39 bits per heavy atom. The van der Waals surface area contributed by atoms with Crippen LogP contribution in [-0.2, 0) is 9.84 Å². The van der Waals surface area contributed by atoms with E-state index in [2.05, 4.69) is 12.2 Å². The molecule has 5 nitrogen and oxygen atoms in total. The summed E-state index contributed by atoms with van der Waals surface area (Å²) in [5, 5.41) is 2.68. The van der Waals surface area contributed by atoms with Gasteiger partial charge in [-0.25, -0.2) is 13.2 Å². The van der Waals surface area contributed by atoms with Crippen LogP contribution in [-0.4, -0.2) is 49.5 Å². The highest BCUT2D eigenvalue weighted by molar-refractivity contribution is 7.92. The van der Waals surface area contributed by atoms with Gasteiger partial charge < -0.3 is 10.2 Å². The number of sulfone groups is 1. The molecule has 0 aromatic heterocycles. The summed E-state index contributed by atoms with van der Waals surface area (Å²) in [5.41, 5.74) is 0. The Kier molecular flexibility index (Phi) is 4.64. The Bertz CT molecular complexity index is 398. The second-order valence-corrected chi connectivity index (χ2v) is 8.87. The SMILES string of the molecule is C[C@H]1CCN(C(=O)NCCS(=O)(=O)C(C)(C)C)C1. The van der Waals surface area contributed by atoms with E-state index in [1.165, 1.54) is 0 Å². The number of nitrogens with one attached hydrogen (secondary N) is 1. The molecule has 2 amide bonds. The summed E-state index contributed by atoms with van der Waals surface area (Å²) in [6.07, 6.45) is 1.02. The first-order valence-electron chi connectivity index (χ1n) is 6.38. The van der Waals surface area contributed by atoms with E-state index in [4.69, 9.17) is 0 Å². The summed E-state index contributed by atoms with van der Waals surface area (Å²) in [6, 6.07) is -0.150. The van der Waals surface area contributed by atoms with Crippen molar-refractivity contribution in [1.29, 1.82) is 0 Å². The molecule has 1 saturated heterocycles. The van der Waals surface area contributed by atoms with Gasteiger partial charge in [-0.1, -0.05) is 6.92 Å². The summed E-state index contributed by atoms with van der Waals surface area (Å²) in [4.78, 5) is 13.5. The molecule has 0 bridgehead atoms. The summed E-state index contributed by atoms with van der Waals surface area (Å²) < 4.78 is 22.9. The molecule has 18 heavy (non-hydrogen) atoms. The van der Waals surface area contributed by atoms with Crippen LogP contribution in [0.1, 0.15) is 34.1 Å². The van der Waals surface area contributed by atoms with E-state index >= 15 is 0 Å². The van der Waals surface area contributed by atoms with Crippen molar-refractivity contribution in [3.8, 4) is 0 Å². The standard InChI is InChI=1S/C12H24N2O3S/c1-10-5-7-14(9-10)11(15)13-6-8-18(16,17)12(2,3)4/h10H,5-9H2,1-4H3,(H,13,15)/t10-/m0/s1. The van der Waals surface area contributed by atoms with Gasteiger partial charge in [0.1, 0.15) is 0 Å². The minimum absolute atomic E-state index is 0.00830. The van der Waals surface area contributed by atoms with Crippen molar-refractivity contribution in [3.63, 3.8) is 0 Å². The molecule has 0 unspecified atom stereocenters. The molecule has 1 fully saturated rings. The molecule has 6 heteroatoms. The number of likely N-dealkylation sites (tertiary alicyclic amines) is 1. The van der Waals surface area contributed by atoms with E-state index in [0.717, 1.165) is 19.5 Å². The molecular formula is C12H24N2O3S. The van der Waals surface area contributed by atoms with Crippen LogP contribution in [0, 0.1) is 5.92 Å². The molecule has 1 aliphatic rings. The second kappa shape index (κ2) is 5.47. The zero-order chi connectivity index (χ0) is 14.0. The van der Waals surface area contributed by atoms with Crippen molar-refractivity contribution in [2.45, 2.75) is 38.9 Å². The fourth-order valence-electron chi connectivity index (χ4n) is 1.83. The highest BCUT2D eigenvalue weighted by Crippen LogP contribution is 2.16. The summed E-state index contributed by atoms with van der Waals surface area (Å²) in [5.74, 6) is 0.528. The third kappa shape index (κ3) is 3.86. The Labute approximate surface area is 110 Å². The summed E-state index contributed by atoms with van der Waals surface area (Å²) in [6.45, 7) is 8.84. The van der Waals surface area contributed by atoms with E-state index in [1.54, 1.807) is 25.7 Å². The Morgan fingerprint density at radius 3 is 2.44 bits per heavy atom. The number of nitrogens with zero attached hydrogens (tertiary/aromatic N) is 1. The molecule has 0 aromatic rings. The van der Waals surface area contributed by atoms with Gasteiger partial charge >= 0.3 is 6.03 Å². The van der Waals surface area contributed by atoms with Crippen LogP contribution in [0.3, 0.4) is 0 Å². The fourth-order valence-corrected chi connectivity index (χ4v) is 2.81. The van der Waals surface area contributed by atoms with Crippen LogP contribution in [0.4, 0.5) is 4.79 Å². The van der Waals surface area contributed by atoms with Crippen molar-refractivity contribution < 1.29 is 13.2 Å². The fraction of sp³-hybridized carbons (Fsp3) is 0.917. The van der Waals surface area contributed by atoms with E-state index in [0.29, 0.717) is 5.92 Å². The number of amides is 2. The topological polar surface area (TPSA) is 66.5 Å². The minimum Gasteiger partial charge on any atom is -0.337 e. The molecule has 1 heterocycles. The lowest BCUT2D eigenvalue weighted by Crippen LogP contribution is -2.42. The van der Waals surface area contributed by atoms with Crippen molar-refractivity contribution >= 4 is 15.9 Å². The highest BCUT2D eigenvalue weighted by atomic mass is 32.2. The smallest absolute Gasteiger partial charge is 0.317 e. The Hall–Kier alpha value is -0.780. The normalized spacial score (nSPS) is 21.1. The van der Waals surface area contributed by atoms with Gasteiger partial charge in [0.2, 0.25) is 0 Å². The van der Waals surface area contributed by atoms with Gasteiger partial charge in [-0.05, 0) is 33.1 Å². The number of urea groups is 1. The summed E-state index contributed by atoms with van der Waals surface area (Å²) >= 11 is 0. The van der Waals surface area contributed by atoms with Crippen LogP contribution >= 0.6 is 0 Å². The number of hydrogen-bond donors (Lipinski definition) is 1. The quantitative estimate of drug-likeness (QED) is 0.843. The molecule has 0 spiro atoms. The van der Waals surface area contributed by atoms with E-state index in [9.17, 15) is 13.2 Å². The molecule has 1 aliphatic heterocycles. The lowest BCUT2D eigenvalue weighted by Gasteiger charge is -2.20. The van der Waals surface area contributed by atoms with Crippen molar-refractivity contribution in [2.24, 2.45) is 5.92 Å². The van der Waals surface area contributed by atoms with E-state index in [-0.39, 0.29) is 18.3 Å². The number of rotatable bonds is 3. The maximum atomic E-state index is 11.8. The third-order valence-corrected chi connectivity index (χ3v) is 5.90. The highest BCUT2D eigenvalue weighted by Gasteiger charge is 2.29. The van der Waals surface area contributed by atoms with Crippen LogP contribution in [0.25, 0.3) is 0 Å². The first kappa shape index (κ1) is 15.3. The maximum Gasteiger partial charge on any atom is 0.317 e. The van der Waals surface area contributed by atoms with Gasteiger partial charge in [0, 0.05) is 19.6 Å². The monoisotopic (exact) mass is 276 g/mol. The molecule has 0 radical (unpaired) electrons. The lowest BCUT2D eigenvalue weighted by atomic mass is 10.2. The largest absolute Gasteiger partial charge is 0.337 e.